The zero-order valence-corrected chi connectivity index (χ0v) is 8.50. The van der Waals surface area contributed by atoms with Crippen LogP contribution in [0.15, 0.2) is 12.1 Å². The van der Waals surface area contributed by atoms with Gasteiger partial charge in [-0.25, -0.2) is 8.78 Å². The van der Waals surface area contributed by atoms with Crippen molar-refractivity contribution in [3.05, 3.63) is 35.4 Å². The lowest BCUT2D eigenvalue weighted by molar-refractivity contribution is 0.0299. The van der Waals surface area contributed by atoms with E-state index in [1.54, 1.807) is 0 Å². The number of halogens is 2. The summed E-state index contributed by atoms with van der Waals surface area (Å²) in [5, 5.41) is 0. The van der Waals surface area contributed by atoms with Gasteiger partial charge in [-0.3, -0.25) is 4.79 Å². The zero-order chi connectivity index (χ0) is 11.5. The van der Waals surface area contributed by atoms with Crippen molar-refractivity contribution in [3.8, 4) is 0 Å². The van der Waals surface area contributed by atoms with E-state index >= 15 is 0 Å². The van der Waals surface area contributed by atoms with Crippen molar-refractivity contribution in [1.29, 1.82) is 0 Å². The summed E-state index contributed by atoms with van der Waals surface area (Å²) in [6, 6.07) is 4.49. The highest BCUT2D eigenvalue weighted by Gasteiger charge is 2.22. The summed E-state index contributed by atoms with van der Waals surface area (Å²) < 4.78 is 31.3. The lowest BCUT2D eigenvalue weighted by Gasteiger charge is -2.26. The van der Waals surface area contributed by atoms with Gasteiger partial charge in [0.2, 0.25) is 0 Å². The van der Waals surface area contributed by atoms with Crippen LogP contribution < -0.4 is 0 Å². The molecule has 1 aromatic rings. The van der Waals surface area contributed by atoms with E-state index in [-0.39, 0.29) is 5.56 Å². The molecule has 0 saturated carbocycles. The third-order valence-electron chi connectivity index (χ3n) is 2.42. The molecule has 85 valence electrons. The van der Waals surface area contributed by atoms with Gasteiger partial charge in [0, 0.05) is 19.2 Å². The summed E-state index contributed by atoms with van der Waals surface area (Å²) >= 11 is 0. The number of morpholine rings is 1. The van der Waals surface area contributed by atoms with E-state index in [0.717, 1.165) is 0 Å². The van der Waals surface area contributed by atoms with Crippen LogP contribution in [-0.4, -0.2) is 37.1 Å². The number of benzene rings is 1. The minimum absolute atomic E-state index is 0.252. The van der Waals surface area contributed by atoms with Gasteiger partial charge in [0.15, 0.2) is 11.6 Å². The highest BCUT2D eigenvalue weighted by Crippen LogP contribution is 2.14. The fourth-order valence-corrected chi connectivity index (χ4v) is 1.55. The van der Waals surface area contributed by atoms with E-state index in [0.29, 0.717) is 26.3 Å². The van der Waals surface area contributed by atoms with Gasteiger partial charge in [-0.1, -0.05) is 6.07 Å². The Labute approximate surface area is 91.6 Å². The molecular formula is C11H10F2NO2. The Kier molecular flexibility index (Phi) is 3.14. The van der Waals surface area contributed by atoms with Gasteiger partial charge >= 0.3 is 0 Å². The number of nitrogens with zero attached hydrogens (tertiary/aromatic N) is 1. The van der Waals surface area contributed by atoms with Crippen LogP contribution >= 0.6 is 0 Å². The Morgan fingerprint density at radius 1 is 1.38 bits per heavy atom. The lowest BCUT2D eigenvalue weighted by Crippen LogP contribution is -2.41. The van der Waals surface area contributed by atoms with E-state index in [1.165, 1.54) is 17.0 Å². The molecule has 16 heavy (non-hydrogen) atoms. The summed E-state index contributed by atoms with van der Waals surface area (Å²) in [6.07, 6.45) is 0. The molecule has 1 saturated heterocycles. The average molecular weight is 226 g/mol. The van der Waals surface area contributed by atoms with Gasteiger partial charge in [0.25, 0.3) is 5.91 Å². The Morgan fingerprint density at radius 2 is 2.06 bits per heavy atom. The van der Waals surface area contributed by atoms with Crippen molar-refractivity contribution >= 4 is 5.91 Å². The second-order valence-electron chi connectivity index (χ2n) is 3.42. The first-order valence-electron chi connectivity index (χ1n) is 4.93. The number of ether oxygens (including phenoxy) is 1. The number of carbonyl (C=O) groups excluding carboxylic acids is 1. The molecule has 0 bridgehead atoms. The number of rotatable bonds is 1. The molecule has 0 N–H and O–H groups in total. The Bertz CT molecular complexity index is 403. The second kappa shape index (κ2) is 4.57. The molecule has 5 heteroatoms. The number of hydrogen-bond donors (Lipinski definition) is 0. The largest absolute Gasteiger partial charge is 0.378 e. The van der Waals surface area contributed by atoms with Gasteiger partial charge in [0.1, 0.15) is 0 Å². The standard InChI is InChI=1S/C11H10F2NO2/c12-9-3-1-2-8(10(9)13)11(15)14-4-6-16-7-5-14/h1-2H,4-7H2. The predicted octanol–water partition coefficient (Wildman–Crippen LogP) is 1.24. The number of amides is 1. The molecule has 1 heterocycles. The molecule has 0 aromatic heterocycles. The predicted molar refractivity (Wildman–Crippen MR) is 51.9 cm³/mol. The summed E-state index contributed by atoms with van der Waals surface area (Å²) in [6.45, 7) is 1.65. The minimum atomic E-state index is -1.14. The molecule has 0 atom stereocenters. The summed E-state index contributed by atoms with van der Waals surface area (Å²) in [7, 11) is 0. The van der Waals surface area contributed by atoms with E-state index in [2.05, 4.69) is 6.07 Å². The smallest absolute Gasteiger partial charge is 0.257 e. The Balaban J connectivity index is 2.22. The third kappa shape index (κ3) is 2.04. The molecule has 1 amide bonds. The zero-order valence-electron chi connectivity index (χ0n) is 8.50. The molecule has 1 aliphatic rings. The second-order valence-corrected chi connectivity index (χ2v) is 3.42. The Morgan fingerprint density at radius 3 is 2.75 bits per heavy atom. The monoisotopic (exact) mass is 226 g/mol. The van der Waals surface area contributed by atoms with Crippen molar-refractivity contribution in [2.24, 2.45) is 0 Å². The molecule has 0 spiro atoms. The molecular weight excluding hydrogens is 216 g/mol. The average Bonchev–Trinajstić information content (AvgIpc) is 2.33. The van der Waals surface area contributed by atoms with Crippen LogP contribution in [0.25, 0.3) is 0 Å². The maximum Gasteiger partial charge on any atom is 0.257 e. The van der Waals surface area contributed by atoms with Crippen LogP contribution in [0.1, 0.15) is 10.4 Å². The highest BCUT2D eigenvalue weighted by molar-refractivity contribution is 5.94. The Hall–Kier alpha value is -1.49. The first-order chi connectivity index (χ1) is 7.70. The lowest BCUT2D eigenvalue weighted by atomic mass is 10.1. The van der Waals surface area contributed by atoms with Crippen molar-refractivity contribution < 1.29 is 18.3 Å². The summed E-state index contributed by atoms with van der Waals surface area (Å²) in [4.78, 5) is 13.3. The van der Waals surface area contributed by atoms with Crippen LogP contribution in [0.3, 0.4) is 0 Å². The quantitative estimate of drug-likeness (QED) is 0.721. The highest BCUT2D eigenvalue weighted by atomic mass is 19.2. The van der Waals surface area contributed by atoms with Gasteiger partial charge in [-0.15, -0.1) is 0 Å². The van der Waals surface area contributed by atoms with Crippen molar-refractivity contribution in [2.45, 2.75) is 0 Å². The molecule has 2 rings (SSSR count). The number of hydrogen-bond acceptors (Lipinski definition) is 2. The van der Waals surface area contributed by atoms with E-state index in [9.17, 15) is 13.6 Å². The van der Waals surface area contributed by atoms with E-state index < -0.39 is 17.5 Å². The van der Waals surface area contributed by atoms with Crippen molar-refractivity contribution in [1.82, 2.24) is 4.90 Å². The molecule has 3 nitrogen and oxygen atoms in total. The molecule has 1 aromatic carbocycles. The minimum Gasteiger partial charge on any atom is -0.378 e. The van der Waals surface area contributed by atoms with Gasteiger partial charge in [-0.2, -0.15) is 0 Å². The topological polar surface area (TPSA) is 29.5 Å². The van der Waals surface area contributed by atoms with Crippen LogP contribution in [0.4, 0.5) is 8.78 Å². The fourth-order valence-electron chi connectivity index (χ4n) is 1.55. The summed E-state index contributed by atoms with van der Waals surface area (Å²) in [5.41, 5.74) is -0.252. The van der Waals surface area contributed by atoms with Crippen LogP contribution in [0.2, 0.25) is 0 Å². The maximum absolute atomic E-state index is 13.3. The van der Waals surface area contributed by atoms with Crippen molar-refractivity contribution in [2.75, 3.05) is 26.3 Å². The van der Waals surface area contributed by atoms with E-state index in [4.69, 9.17) is 4.74 Å². The first kappa shape index (κ1) is 11.0. The molecule has 1 fully saturated rings. The first-order valence-corrected chi connectivity index (χ1v) is 4.93. The van der Waals surface area contributed by atoms with Gasteiger partial charge in [-0.05, 0) is 6.07 Å². The normalized spacial score (nSPS) is 16.2. The summed E-state index contributed by atoms with van der Waals surface area (Å²) in [5.74, 6) is -2.77. The molecule has 1 radical (unpaired) electrons. The SMILES string of the molecule is O=C(c1cc[c]c(F)c1F)N1CCOCC1. The van der Waals surface area contributed by atoms with Crippen LogP contribution in [0.5, 0.6) is 0 Å². The van der Waals surface area contributed by atoms with Crippen molar-refractivity contribution in [3.63, 3.8) is 0 Å². The van der Waals surface area contributed by atoms with Crippen LogP contribution in [0, 0.1) is 17.7 Å². The molecule has 1 aliphatic heterocycles. The fraction of sp³-hybridized carbons (Fsp3) is 0.364. The van der Waals surface area contributed by atoms with Gasteiger partial charge < -0.3 is 9.64 Å². The van der Waals surface area contributed by atoms with Crippen LogP contribution in [-0.2, 0) is 4.74 Å². The maximum atomic E-state index is 13.3. The van der Waals surface area contributed by atoms with Gasteiger partial charge in [0.05, 0.1) is 18.8 Å². The number of carbonyl (C=O) groups is 1. The van der Waals surface area contributed by atoms with E-state index in [1.807, 2.05) is 0 Å². The molecule has 0 aliphatic carbocycles. The molecule has 0 unspecified atom stereocenters. The third-order valence-corrected chi connectivity index (χ3v) is 2.42.